The van der Waals surface area contributed by atoms with E-state index in [0.29, 0.717) is 19.1 Å². The lowest BCUT2D eigenvalue weighted by Crippen LogP contribution is -2.41. The molecule has 0 bridgehead atoms. The van der Waals surface area contributed by atoms with Gasteiger partial charge in [-0.15, -0.1) is 0 Å². The summed E-state index contributed by atoms with van der Waals surface area (Å²) in [6, 6.07) is 2.66. The van der Waals surface area contributed by atoms with E-state index in [9.17, 15) is 4.79 Å². The summed E-state index contributed by atoms with van der Waals surface area (Å²) in [4.78, 5) is 11.7. The Hall–Kier alpha value is -1.36. The van der Waals surface area contributed by atoms with Crippen molar-refractivity contribution in [3.8, 4) is 0 Å². The number of nitrogens with one attached hydrogen (secondary N) is 2. The monoisotopic (exact) mass is 278 g/mol. The van der Waals surface area contributed by atoms with E-state index in [1.165, 1.54) is 25.7 Å². The summed E-state index contributed by atoms with van der Waals surface area (Å²) >= 11 is 0. The molecule has 0 spiro atoms. The fourth-order valence-electron chi connectivity index (χ4n) is 2.77. The Morgan fingerprint density at radius 1 is 1.45 bits per heavy atom. The van der Waals surface area contributed by atoms with Crippen molar-refractivity contribution in [1.82, 2.24) is 20.4 Å². The van der Waals surface area contributed by atoms with Crippen LogP contribution in [0.5, 0.6) is 0 Å². The van der Waals surface area contributed by atoms with Crippen molar-refractivity contribution in [2.24, 2.45) is 5.41 Å². The molecule has 1 saturated carbocycles. The average molecular weight is 278 g/mol. The zero-order valence-electron chi connectivity index (χ0n) is 12.8. The zero-order chi connectivity index (χ0) is 14.6. The van der Waals surface area contributed by atoms with Gasteiger partial charge in [-0.25, -0.2) is 0 Å². The molecule has 5 heteroatoms. The van der Waals surface area contributed by atoms with Crippen LogP contribution in [0.4, 0.5) is 0 Å². The number of hydrogen-bond donors (Lipinski definition) is 2. The third-order valence-electron chi connectivity index (χ3n) is 4.08. The zero-order valence-corrected chi connectivity index (χ0v) is 12.8. The van der Waals surface area contributed by atoms with Crippen LogP contribution in [0, 0.1) is 5.41 Å². The van der Waals surface area contributed by atoms with Crippen molar-refractivity contribution in [3.63, 3.8) is 0 Å². The van der Waals surface area contributed by atoms with Gasteiger partial charge < -0.3 is 10.6 Å². The molecule has 0 aromatic carbocycles. The van der Waals surface area contributed by atoms with Crippen LogP contribution in [0.25, 0.3) is 0 Å². The van der Waals surface area contributed by atoms with Gasteiger partial charge in [0.15, 0.2) is 0 Å². The SMILES string of the molecule is CNC(=O)C(C)(C)CNCc1ccn(C2CCCC2)n1. The largest absolute Gasteiger partial charge is 0.359 e. The van der Waals surface area contributed by atoms with Crippen molar-refractivity contribution < 1.29 is 4.79 Å². The molecule has 20 heavy (non-hydrogen) atoms. The molecule has 5 nitrogen and oxygen atoms in total. The van der Waals surface area contributed by atoms with E-state index in [-0.39, 0.29) is 5.91 Å². The first-order valence-electron chi connectivity index (χ1n) is 7.50. The second kappa shape index (κ2) is 6.39. The molecule has 2 N–H and O–H groups in total. The van der Waals surface area contributed by atoms with Gasteiger partial charge in [0, 0.05) is 26.3 Å². The van der Waals surface area contributed by atoms with Crippen LogP contribution < -0.4 is 10.6 Å². The highest BCUT2D eigenvalue weighted by atomic mass is 16.2. The first kappa shape index (κ1) is 15.0. The molecule has 112 valence electrons. The number of aromatic nitrogens is 2. The second-order valence-corrected chi connectivity index (χ2v) is 6.29. The quantitative estimate of drug-likeness (QED) is 0.835. The van der Waals surface area contributed by atoms with E-state index in [0.717, 1.165) is 5.69 Å². The fourth-order valence-corrected chi connectivity index (χ4v) is 2.77. The van der Waals surface area contributed by atoms with Gasteiger partial charge in [0.1, 0.15) is 0 Å². The smallest absolute Gasteiger partial charge is 0.226 e. The number of carbonyl (C=O) groups is 1. The van der Waals surface area contributed by atoms with Crippen LogP contribution in [0.2, 0.25) is 0 Å². The summed E-state index contributed by atoms with van der Waals surface area (Å²) in [5.74, 6) is 0.0569. The average Bonchev–Trinajstić information content (AvgIpc) is 3.07. The Bertz CT molecular complexity index is 446. The third kappa shape index (κ3) is 3.60. The van der Waals surface area contributed by atoms with E-state index in [1.807, 2.05) is 13.8 Å². The summed E-state index contributed by atoms with van der Waals surface area (Å²) in [5, 5.41) is 10.7. The van der Waals surface area contributed by atoms with Crippen LogP contribution in [-0.2, 0) is 11.3 Å². The maximum atomic E-state index is 11.7. The van der Waals surface area contributed by atoms with Crippen molar-refractivity contribution in [3.05, 3.63) is 18.0 Å². The molecule has 1 fully saturated rings. The highest BCUT2D eigenvalue weighted by Gasteiger charge is 2.26. The molecular formula is C15H26N4O. The summed E-state index contributed by atoms with van der Waals surface area (Å²) in [6.07, 6.45) is 7.21. The van der Waals surface area contributed by atoms with E-state index in [4.69, 9.17) is 0 Å². The number of rotatable bonds is 6. The molecule has 1 amide bonds. The molecule has 0 aliphatic heterocycles. The standard InChI is InChI=1S/C15H26N4O/c1-15(2,14(20)16-3)11-17-10-12-8-9-19(18-12)13-6-4-5-7-13/h8-9,13,17H,4-7,10-11H2,1-3H3,(H,16,20). The first-order chi connectivity index (χ1) is 9.53. The summed E-state index contributed by atoms with van der Waals surface area (Å²) in [7, 11) is 1.67. The highest BCUT2D eigenvalue weighted by Crippen LogP contribution is 2.28. The molecule has 0 saturated heterocycles. The predicted octanol–water partition coefficient (Wildman–Crippen LogP) is 1.86. The van der Waals surface area contributed by atoms with E-state index >= 15 is 0 Å². The first-order valence-corrected chi connectivity index (χ1v) is 7.50. The van der Waals surface area contributed by atoms with Gasteiger partial charge in [-0.2, -0.15) is 5.10 Å². The van der Waals surface area contributed by atoms with Gasteiger partial charge in [0.25, 0.3) is 0 Å². The third-order valence-corrected chi connectivity index (χ3v) is 4.08. The minimum absolute atomic E-state index is 0.0569. The second-order valence-electron chi connectivity index (χ2n) is 6.29. The van der Waals surface area contributed by atoms with Crippen LogP contribution >= 0.6 is 0 Å². The Morgan fingerprint density at radius 3 is 2.80 bits per heavy atom. The molecule has 1 aromatic rings. The topological polar surface area (TPSA) is 59.0 Å². The molecule has 1 aliphatic carbocycles. The molecule has 0 atom stereocenters. The molecule has 0 radical (unpaired) electrons. The minimum atomic E-state index is -0.400. The molecular weight excluding hydrogens is 252 g/mol. The Labute approximate surface area is 121 Å². The van der Waals surface area contributed by atoms with Crippen molar-refractivity contribution in [1.29, 1.82) is 0 Å². The minimum Gasteiger partial charge on any atom is -0.359 e. The summed E-state index contributed by atoms with van der Waals surface area (Å²) in [6.45, 7) is 5.23. The molecule has 2 rings (SSSR count). The van der Waals surface area contributed by atoms with Crippen molar-refractivity contribution in [2.75, 3.05) is 13.6 Å². The number of hydrogen-bond acceptors (Lipinski definition) is 3. The number of carbonyl (C=O) groups excluding carboxylic acids is 1. The van der Waals surface area contributed by atoms with Gasteiger partial charge in [-0.3, -0.25) is 9.48 Å². The van der Waals surface area contributed by atoms with E-state index in [1.54, 1.807) is 7.05 Å². The molecule has 1 aromatic heterocycles. The molecule has 1 heterocycles. The lowest BCUT2D eigenvalue weighted by Gasteiger charge is -2.22. The van der Waals surface area contributed by atoms with Gasteiger partial charge in [-0.05, 0) is 32.8 Å². The normalized spacial score (nSPS) is 16.6. The Morgan fingerprint density at radius 2 is 2.15 bits per heavy atom. The Balaban J connectivity index is 1.81. The van der Waals surface area contributed by atoms with Gasteiger partial charge in [-0.1, -0.05) is 12.8 Å². The van der Waals surface area contributed by atoms with Crippen molar-refractivity contribution >= 4 is 5.91 Å². The van der Waals surface area contributed by atoms with Crippen LogP contribution in [0.3, 0.4) is 0 Å². The Kier molecular flexibility index (Phi) is 4.81. The van der Waals surface area contributed by atoms with Crippen LogP contribution in [0.1, 0.15) is 51.3 Å². The number of amides is 1. The molecule has 1 aliphatic rings. The lowest BCUT2D eigenvalue weighted by atomic mass is 9.92. The summed E-state index contributed by atoms with van der Waals surface area (Å²) < 4.78 is 2.11. The van der Waals surface area contributed by atoms with Crippen LogP contribution in [0.15, 0.2) is 12.3 Å². The maximum absolute atomic E-state index is 11.7. The lowest BCUT2D eigenvalue weighted by molar-refractivity contribution is -0.128. The van der Waals surface area contributed by atoms with Gasteiger partial charge in [0.05, 0.1) is 17.2 Å². The van der Waals surface area contributed by atoms with E-state index < -0.39 is 5.41 Å². The maximum Gasteiger partial charge on any atom is 0.226 e. The fraction of sp³-hybridized carbons (Fsp3) is 0.733. The predicted molar refractivity (Wildman–Crippen MR) is 79.3 cm³/mol. The molecule has 0 unspecified atom stereocenters. The highest BCUT2D eigenvalue weighted by molar-refractivity contribution is 5.81. The summed E-state index contributed by atoms with van der Waals surface area (Å²) in [5.41, 5.74) is 0.646. The van der Waals surface area contributed by atoms with Crippen molar-refractivity contribution in [2.45, 2.75) is 52.1 Å². The van der Waals surface area contributed by atoms with E-state index in [2.05, 4.69) is 32.7 Å². The van der Waals surface area contributed by atoms with Gasteiger partial charge >= 0.3 is 0 Å². The number of nitrogens with zero attached hydrogens (tertiary/aromatic N) is 2. The van der Waals surface area contributed by atoms with Crippen LogP contribution in [-0.4, -0.2) is 29.3 Å². The van der Waals surface area contributed by atoms with Gasteiger partial charge in [0.2, 0.25) is 5.91 Å².